The lowest BCUT2D eigenvalue weighted by Crippen LogP contribution is -2.19. The van der Waals surface area contributed by atoms with Crippen LogP contribution in [0.1, 0.15) is 0 Å². The number of halogens is 1. The van der Waals surface area contributed by atoms with Crippen molar-refractivity contribution in [2.45, 2.75) is 0 Å². The molecule has 4 rings (SSSR count). The van der Waals surface area contributed by atoms with E-state index < -0.39 is 5.91 Å². The lowest BCUT2D eigenvalue weighted by atomic mass is 10.1. The molecule has 0 aliphatic rings. The Kier molecular flexibility index (Phi) is 4.77. The van der Waals surface area contributed by atoms with Gasteiger partial charge in [-0.2, -0.15) is 9.78 Å². The van der Waals surface area contributed by atoms with Crippen LogP contribution in [0.5, 0.6) is 0 Å². The summed E-state index contributed by atoms with van der Waals surface area (Å²) in [6, 6.07) is 15.7. The number of nitrogens with one attached hydrogen (secondary N) is 2. The fourth-order valence-corrected chi connectivity index (χ4v) is 2.72. The maximum Gasteiger partial charge on any atom is 0.252 e. The van der Waals surface area contributed by atoms with Crippen molar-refractivity contribution in [1.82, 2.24) is 19.7 Å². The smallest absolute Gasteiger partial charge is 0.252 e. The number of furan rings is 1. The van der Waals surface area contributed by atoms with Crippen molar-refractivity contribution in [3.8, 4) is 28.7 Å². The molecule has 1 aromatic carbocycles. The monoisotopic (exact) mass is 395 g/mol. The number of alkyl halides is 1. The Morgan fingerprint density at radius 1 is 1.14 bits per heavy atom. The van der Waals surface area contributed by atoms with Crippen molar-refractivity contribution in [2.75, 3.05) is 11.2 Å². The zero-order chi connectivity index (χ0) is 19.5. The lowest BCUT2D eigenvalue weighted by molar-refractivity contribution is -0.114. The molecule has 8 nitrogen and oxygen atoms in total. The van der Waals surface area contributed by atoms with Crippen LogP contribution in [0.3, 0.4) is 0 Å². The van der Waals surface area contributed by atoms with E-state index in [-0.39, 0.29) is 17.4 Å². The Hall–Kier alpha value is -3.65. The van der Waals surface area contributed by atoms with Gasteiger partial charge in [0.25, 0.3) is 5.56 Å². The first-order valence-corrected chi connectivity index (χ1v) is 8.84. The second-order valence-corrected chi connectivity index (χ2v) is 6.07. The number of rotatable bonds is 5. The molecule has 0 radical (unpaired) electrons. The Labute approximate surface area is 163 Å². The van der Waals surface area contributed by atoms with E-state index in [1.807, 2.05) is 30.3 Å². The van der Waals surface area contributed by atoms with Crippen LogP contribution in [-0.2, 0) is 4.79 Å². The molecule has 3 heterocycles. The third-order valence-corrected chi connectivity index (χ3v) is 4.11. The van der Waals surface area contributed by atoms with Gasteiger partial charge >= 0.3 is 0 Å². The van der Waals surface area contributed by atoms with Crippen molar-refractivity contribution in [2.24, 2.45) is 0 Å². The van der Waals surface area contributed by atoms with Crippen molar-refractivity contribution >= 4 is 23.3 Å². The van der Waals surface area contributed by atoms with E-state index in [0.29, 0.717) is 23.0 Å². The molecule has 4 aromatic rings. The van der Waals surface area contributed by atoms with Gasteiger partial charge in [0.05, 0.1) is 12.0 Å². The van der Waals surface area contributed by atoms with Crippen molar-refractivity contribution in [3.05, 3.63) is 71.2 Å². The van der Waals surface area contributed by atoms with Gasteiger partial charge in [-0.1, -0.05) is 30.3 Å². The largest absolute Gasteiger partial charge is 0.463 e. The summed E-state index contributed by atoms with van der Waals surface area (Å²) in [5.74, 6) is 0.298. The molecule has 9 heteroatoms. The van der Waals surface area contributed by atoms with E-state index in [2.05, 4.69) is 20.4 Å². The number of H-pyrrole nitrogens is 1. The van der Waals surface area contributed by atoms with E-state index in [1.54, 1.807) is 18.2 Å². The molecule has 28 heavy (non-hydrogen) atoms. The molecule has 0 aliphatic heterocycles. The van der Waals surface area contributed by atoms with Gasteiger partial charge in [0.15, 0.2) is 5.76 Å². The first-order chi connectivity index (χ1) is 13.6. The minimum Gasteiger partial charge on any atom is -0.463 e. The van der Waals surface area contributed by atoms with Gasteiger partial charge < -0.3 is 9.73 Å². The number of carbonyl (C=O) groups excluding carboxylic acids is 1. The average Bonchev–Trinajstić information content (AvgIpc) is 3.38. The number of amides is 1. The summed E-state index contributed by atoms with van der Waals surface area (Å²) in [4.78, 5) is 31.2. The van der Waals surface area contributed by atoms with Gasteiger partial charge in [0, 0.05) is 17.7 Å². The van der Waals surface area contributed by atoms with Crippen LogP contribution in [-0.4, -0.2) is 31.5 Å². The molecule has 0 atom stereocenters. The molecular formula is C19H14ClN5O3. The number of anilines is 1. The first-order valence-electron chi connectivity index (χ1n) is 8.31. The molecule has 0 bridgehead atoms. The van der Waals surface area contributed by atoms with Crippen LogP contribution in [0.15, 0.2) is 70.1 Å². The number of aromatic amines is 1. The third-order valence-electron chi connectivity index (χ3n) is 3.87. The predicted octanol–water partition coefficient (Wildman–Crippen LogP) is 3.06. The minimum atomic E-state index is -0.421. The highest BCUT2D eigenvalue weighted by atomic mass is 35.5. The van der Waals surface area contributed by atoms with Gasteiger partial charge in [-0.25, -0.2) is 4.98 Å². The van der Waals surface area contributed by atoms with E-state index in [0.717, 1.165) is 5.56 Å². The van der Waals surface area contributed by atoms with E-state index in [1.165, 1.54) is 17.0 Å². The van der Waals surface area contributed by atoms with Crippen molar-refractivity contribution in [3.63, 3.8) is 0 Å². The first kappa shape index (κ1) is 17.7. The molecular weight excluding hydrogens is 382 g/mol. The number of aromatic nitrogens is 4. The van der Waals surface area contributed by atoms with E-state index >= 15 is 0 Å². The molecule has 2 N–H and O–H groups in total. The second-order valence-electron chi connectivity index (χ2n) is 5.81. The zero-order valence-electron chi connectivity index (χ0n) is 14.4. The number of nitrogens with zero attached hydrogens (tertiary/aromatic N) is 3. The SMILES string of the molecule is O=C(CCl)Nc1cc(-c2ccco2)nn1-c1nc(-c2ccccc2)cc(=O)[nH]1. The predicted molar refractivity (Wildman–Crippen MR) is 104 cm³/mol. The van der Waals surface area contributed by atoms with Gasteiger partial charge in [-0.05, 0) is 12.1 Å². The number of benzene rings is 1. The Morgan fingerprint density at radius 3 is 2.68 bits per heavy atom. The fourth-order valence-electron chi connectivity index (χ4n) is 2.65. The molecule has 0 saturated carbocycles. The van der Waals surface area contributed by atoms with Crippen LogP contribution in [0, 0.1) is 0 Å². The molecule has 0 spiro atoms. The van der Waals surface area contributed by atoms with Gasteiger partial charge in [0.1, 0.15) is 17.4 Å². The van der Waals surface area contributed by atoms with Gasteiger partial charge in [0.2, 0.25) is 11.9 Å². The number of hydrogen-bond acceptors (Lipinski definition) is 5. The maximum atomic E-state index is 12.2. The highest BCUT2D eigenvalue weighted by Crippen LogP contribution is 2.24. The Morgan fingerprint density at radius 2 is 1.96 bits per heavy atom. The zero-order valence-corrected chi connectivity index (χ0v) is 15.2. The van der Waals surface area contributed by atoms with Crippen LogP contribution < -0.4 is 10.9 Å². The van der Waals surface area contributed by atoms with Crippen LogP contribution in [0.4, 0.5) is 5.82 Å². The van der Waals surface area contributed by atoms with Crippen LogP contribution in [0.25, 0.3) is 28.7 Å². The summed E-state index contributed by atoms with van der Waals surface area (Å²) >= 11 is 5.60. The van der Waals surface area contributed by atoms with Crippen LogP contribution >= 0.6 is 11.6 Å². The number of carbonyl (C=O) groups is 1. The molecule has 0 aliphatic carbocycles. The quantitative estimate of drug-likeness (QED) is 0.505. The average molecular weight is 396 g/mol. The molecule has 0 saturated heterocycles. The van der Waals surface area contributed by atoms with E-state index in [4.69, 9.17) is 16.0 Å². The van der Waals surface area contributed by atoms with Crippen LogP contribution in [0.2, 0.25) is 0 Å². The normalized spacial score (nSPS) is 10.8. The summed E-state index contributed by atoms with van der Waals surface area (Å²) < 4.78 is 6.69. The highest BCUT2D eigenvalue weighted by molar-refractivity contribution is 6.29. The van der Waals surface area contributed by atoms with Crippen molar-refractivity contribution < 1.29 is 9.21 Å². The second kappa shape index (κ2) is 7.53. The van der Waals surface area contributed by atoms with Crippen molar-refractivity contribution in [1.29, 1.82) is 0 Å². The Balaban J connectivity index is 1.85. The molecule has 0 fully saturated rings. The lowest BCUT2D eigenvalue weighted by Gasteiger charge is -2.08. The molecule has 1 amide bonds. The highest BCUT2D eigenvalue weighted by Gasteiger charge is 2.17. The minimum absolute atomic E-state index is 0.147. The standard InChI is InChI=1S/C19H14ClN5O3/c20-11-18(27)22-16-9-14(15-7-4-8-28-15)24-25(16)19-21-13(10-17(26)23-19)12-5-2-1-3-6-12/h1-10H,11H2,(H,22,27)(H,21,23,26). The third kappa shape index (κ3) is 3.58. The van der Waals surface area contributed by atoms with Gasteiger partial charge in [-0.15, -0.1) is 11.6 Å². The summed E-state index contributed by atoms with van der Waals surface area (Å²) in [7, 11) is 0. The molecule has 3 aromatic heterocycles. The fraction of sp³-hybridized carbons (Fsp3) is 0.0526. The molecule has 0 unspecified atom stereocenters. The molecule has 140 valence electrons. The summed E-state index contributed by atoms with van der Waals surface area (Å²) in [6.45, 7) is 0. The number of hydrogen-bond donors (Lipinski definition) is 2. The van der Waals surface area contributed by atoms with Gasteiger partial charge in [-0.3, -0.25) is 14.6 Å². The van der Waals surface area contributed by atoms with E-state index in [9.17, 15) is 9.59 Å². The topological polar surface area (TPSA) is 106 Å². The Bertz CT molecular complexity index is 1170. The summed E-state index contributed by atoms with van der Waals surface area (Å²) in [5.41, 5.74) is 1.36. The summed E-state index contributed by atoms with van der Waals surface area (Å²) in [6.07, 6.45) is 1.52. The summed E-state index contributed by atoms with van der Waals surface area (Å²) in [5, 5.41) is 7.06. The maximum absolute atomic E-state index is 12.2.